The third-order valence-electron chi connectivity index (χ3n) is 6.76. The van der Waals surface area contributed by atoms with E-state index in [4.69, 9.17) is 4.74 Å². The van der Waals surface area contributed by atoms with Crippen molar-refractivity contribution in [2.45, 2.75) is 69.6 Å². The molecular formula is C32H37N5O6S2. The van der Waals surface area contributed by atoms with E-state index in [2.05, 4.69) is 20.3 Å². The lowest BCUT2D eigenvalue weighted by Crippen LogP contribution is -2.54. The molecule has 3 heterocycles. The van der Waals surface area contributed by atoms with Gasteiger partial charge in [0.25, 0.3) is 0 Å². The monoisotopic (exact) mass is 651 g/mol. The number of carbonyl (C=O) groups is 2. The minimum absolute atomic E-state index is 0.0120. The molecule has 0 aliphatic carbocycles. The van der Waals surface area contributed by atoms with Gasteiger partial charge < -0.3 is 9.84 Å². The smallest absolute Gasteiger partial charge is 0.416 e. The van der Waals surface area contributed by atoms with Crippen LogP contribution in [0.2, 0.25) is 0 Å². The molecule has 11 nitrogen and oxygen atoms in total. The summed E-state index contributed by atoms with van der Waals surface area (Å²) in [4.78, 5) is 38.6. The maximum absolute atomic E-state index is 14.7. The summed E-state index contributed by atoms with van der Waals surface area (Å²) in [5.74, 6) is -1.24. The van der Waals surface area contributed by atoms with Gasteiger partial charge in [0.2, 0.25) is 14.7 Å². The predicted molar refractivity (Wildman–Crippen MR) is 171 cm³/mol. The Labute approximate surface area is 267 Å². The van der Waals surface area contributed by atoms with Crippen molar-refractivity contribution in [3.05, 3.63) is 101 Å². The number of hydrogen-bond donors (Lipinski definition) is 2. The number of sulfone groups is 1. The van der Waals surface area contributed by atoms with Gasteiger partial charge >= 0.3 is 12.1 Å². The number of benzene rings is 1. The zero-order valence-electron chi connectivity index (χ0n) is 26.0. The molecule has 0 saturated carbocycles. The first-order chi connectivity index (χ1) is 21.1. The Morgan fingerprint density at radius 1 is 0.911 bits per heavy atom. The molecule has 2 atom stereocenters. The lowest BCUT2D eigenvalue weighted by Gasteiger charge is -2.38. The lowest BCUT2D eigenvalue weighted by molar-refractivity contribution is -0.141. The number of hydrogen-bond acceptors (Lipinski definition) is 10. The first-order valence-corrected chi connectivity index (χ1v) is 16.5. The Morgan fingerprint density at radius 2 is 1.58 bits per heavy atom. The number of aliphatic carboxylic acids is 1. The maximum atomic E-state index is 14.7. The van der Waals surface area contributed by atoms with Gasteiger partial charge in [-0.2, -0.15) is 0 Å². The summed E-state index contributed by atoms with van der Waals surface area (Å²) >= 11 is 1.16. The topological polar surface area (TPSA) is 152 Å². The Balaban J connectivity index is 1.93. The van der Waals surface area contributed by atoms with Gasteiger partial charge in [0.15, 0.2) is 5.03 Å². The number of thiazole rings is 1. The summed E-state index contributed by atoms with van der Waals surface area (Å²) in [6.45, 7) is 9.98. The summed E-state index contributed by atoms with van der Waals surface area (Å²) < 4.78 is 35.0. The van der Waals surface area contributed by atoms with Crippen LogP contribution in [-0.2, 0) is 30.8 Å². The van der Waals surface area contributed by atoms with Crippen LogP contribution in [0.5, 0.6) is 0 Å². The number of pyridine rings is 2. The van der Waals surface area contributed by atoms with E-state index in [1.165, 1.54) is 24.7 Å². The van der Waals surface area contributed by atoms with Crippen LogP contribution in [0.3, 0.4) is 0 Å². The molecule has 0 radical (unpaired) electrons. The van der Waals surface area contributed by atoms with Crippen molar-refractivity contribution in [2.24, 2.45) is 5.41 Å². The molecule has 0 aliphatic rings. The molecular weight excluding hydrogens is 615 g/mol. The van der Waals surface area contributed by atoms with E-state index in [9.17, 15) is 23.1 Å². The van der Waals surface area contributed by atoms with Crippen molar-refractivity contribution < 1.29 is 27.9 Å². The van der Waals surface area contributed by atoms with Crippen LogP contribution in [0.1, 0.15) is 57.7 Å². The third kappa shape index (κ3) is 7.05. The van der Waals surface area contributed by atoms with Crippen molar-refractivity contribution in [3.63, 3.8) is 0 Å². The van der Waals surface area contributed by atoms with Crippen LogP contribution < -0.4 is 10.2 Å². The molecule has 0 bridgehead atoms. The van der Waals surface area contributed by atoms with Crippen molar-refractivity contribution >= 4 is 39.1 Å². The molecule has 4 rings (SSSR count). The zero-order valence-corrected chi connectivity index (χ0v) is 27.6. The molecule has 0 fully saturated rings. The summed E-state index contributed by atoms with van der Waals surface area (Å²) in [5, 5.41) is 15.4. The minimum atomic E-state index is -4.33. The molecule has 238 valence electrons. The Morgan fingerprint density at radius 3 is 2.13 bits per heavy atom. The molecule has 45 heavy (non-hydrogen) atoms. The molecule has 0 spiro atoms. The molecule has 13 heteroatoms. The molecule has 0 saturated heterocycles. The fourth-order valence-electron chi connectivity index (χ4n) is 4.90. The molecule has 1 amide bonds. The standard InChI is InChI=1S/C32H37N5O6S2/c1-30(2,3)25(27(38)39)37(29(40)43-31(4,5)6)26-22(13-12-18-34-26)21-36-32(28-35-19-20-44-28,23-14-8-7-9-15-23)45(41,42)24-16-10-11-17-33-24/h7-20,25,36H,21H2,1-6H3,(H,38,39). The van der Waals surface area contributed by atoms with Crippen LogP contribution in [0.15, 0.2) is 89.7 Å². The highest BCUT2D eigenvalue weighted by atomic mass is 32.2. The number of carbonyl (C=O) groups excluding carboxylic acids is 1. The van der Waals surface area contributed by atoms with Crippen molar-refractivity contribution in [1.82, 2.24) is 20.3 Å². The van der Waals surface area contributed by atoms with E-state index in [1.54, 1.807) is 102 Å². The van der Waals surface area contributed by atoms with Crippen LogP contribution in [-0.4, -0.2) is 52.2 Å². The molecule has 1 aromatic carbocycles. The van der Waals surface area contributed by atoms with Gasteiger partial charge in [-0.15, -0.1) is 11.3 Å². The maximum Gasteiger partial charge on any atom is 0.416 e. The van der Waals surface area contributed by atoms with E-state index in [0.29, 0.717) is 11.1 Å². The molecule has 0 aliphatic heterocycles. The predicted octanol–water partition coefficient (Wildman–Crippen LogP) is 5.64. The van der Waals surface area contributed by atoms with Crippen molar-refractivity contribution in [3.8, 4) is 0 Å². The molecule has 4 aromatic rings. The van der Waals surface area contributed by atoms with Crippen LogP contribution in [0.4, 0.5) is 10.6 Å². The van der Waals surface area contributed by atoms with Crippen LogP contribution >= 0.6 is 11.3 Å². The number of ether oxygens (including phenoxy) is 1. The fourth-order valence-corrected chi connectivity index (χ4v) is 7.86. The summed E-state index contributed by atoms with van der Waals surface area (Å²) in [6, 6.07) is 15.1. The number of amides is 1. The van der Waals surface area contributed by atoms with Crippen LogP contribution in [0, 0.1) is 5.41 Å². The van der Waals surface area contributed by atoms with E-state index in [0.717, 1.165) is 16.2 Å². The second-order valence-corrected chi connectivity index (χ2v) is 15.3. The number of carboxylic acid groups (broad SMARTS) is 1. The number of anilines is 1. The first-order valence-electron chi connectivity index (χ1n) is 14.1. The number of rotatable bonds is 10. The molecule has 2 N–H and O–H groups in total. The zero-order chi connectivity index (χ0) is 33.0. The normalized spacial score (nSPS) is 14.3. The summed E-state index contributed by atoms with van der Waals surface area (Å²) in [6.07, 6.45) is 3.46. The lowest BCUT2D eigenvalue weighted by atomic mass is 9.85. The van der Waals surface area contributed by atoms with Crippen LogP contribution in [0.25, 0.3) is 0 Å². The third-order valence-corrected chi connectivity index (χ3v) is 9.95. The van der Waals surface area contributed by atoms with Gasteiger partial charge in [-0.3, -0.25) is 5.32 Å². The quantitative estimate of drug-likeness (QED) is 0.220. The second kappa shape index (κ2) is 13.0. The highest BCUT2D eigenvalue weighted by Gasteiger charge is 2.51. The second-order valence-electron chi connectivity index (χ2n) is 12.4. The Bertz CT molecular complexity index is 1720. The number of aromatic nitrogens is 3. The average molecular weight is 652 g/mol. The van der Waals surface area contributed by atoms with Gasteiger partial charge in [0.1, 0.15) is 22.5 Å². The van der Waals surface area contributed by atoms with E-state index in [-0.39, 0.29) is 22.4 Å². The first kappa shape index (κ1) is 33.7. The average Bonchev–Trinajstić information content (AvgIpc) is 3.51. The SMILES string of the molecule is CC(C)(C)OC(=O)N(c1ncccc1CNC(c1ccccc1)(c1nccs1)S(=O)(=O)c1ccccn1)C(C(=O)O)C(C)(C)C. The van der Waals surface area contributed by atoms with Gasteiger partial charge in [-0.05, 0) is 49.9 Å². The minimum Gasteiger partial charge on any atom is -0.480 e. The summed E-state index contributed by atoms with van der Waals surface area (Å²) in [5.41, 5.74) is -1.14. The van der Waals surface area contributed by atoms with Crippen molar-refractivity contribution in [2.75, 3.05) is 4.90 Å². The van der Waals surface area contributed by atoms with Gasteiger partial charge in [-0.25, -0.2) is 37.9 Å². The summed E-state index contributed by atoms with van der Waals surface area (Å²) in [7, 11) is -4.33. The van der Waals surface area contributed by atoms with Gasteiger partial charge in [0, 0.05) is 36.1 Å². The largest absolute Gasteiger partial charge is 0.480 e. The van der Waals surface area contributed by atoms with Gasteiger partial charge in [-0.1, -0.05) is 63.2 Å². The van der Waals surface area contributed by atoms with E-state index in [1.807, 2.05) is 0 Å². The highest BCUT2D eigenvalue weighted by Crippen LogP contribution is 2.41. The molecule has 3 aromatic heterocycles. The van der Waals surface area contributed by atoms with E-state index < -0.39 is 43.8 Å². The number of nitrogens with one attached hydrogen (secondary N) is 1. The number of nitrogens with zero attached hydrogens (tertiary/aromatic N) is 4. The van der Waals surface area contributed by atoms with E-state index >= 15 is 0 Å². The van der Waals surface area contributed by atoms with Gasteiger partial charge in [0.05, 0.1) is 0 Å². The Hall–Kier alpha value is -4.20. The van der Waals surface area contributed by atoms with Crippen molar-refractivity contribution in [1.29, 1.82) is 0 Å². The molecule has 2 unspecified atom stereocenters. The Kier molecular flexibility index (Phi) is 9.76. The number of carboxylic acids is 1. The highest BCUT2D eigenvalue weighted by molar-refractivity contribution is 7.92. The fraction of sp³-hybridized carbons (Fsp3) is 0.344.